The maximum atomic E-state index is 12.0. The predicted octanol–water partition coefficient (Wildman–Crippen LogP) is 2.71. The minimum Gasteiger partial charge on any atom is -0.497 e. The molecule has 2 aromatic carbocycles. The number of terminal acetylenes is 1. The van der Waals surface area contributed by atoms with Crippen LogP contribution in [0, 0.1) is 19.3 Å². The fourth-order valence-corrected chi connectivity index (χ4v) is 2.11. The van der Waals surface area contributed by atoms with Crippen molar-refractivity contribution in [3.63, 3.8) is 0 Å². The predicted molar refractivity (Wildman–Crippen MR) is 97.9 cm³/mol. The second-order valence-corrected chi connectivity index (χ2v) is 5.35. The minimum atomic E-state index is -0.200. The summed E-state index contributed by atoms with van der Waals surface area (Å²) in [6.07, 6.45) is 6.98. The van der Waals surface area contributed by atoms with E-state index in [0.29, 0.717) is 17.1 Å². The van der Waals surface area contributed by atoms with Gasteiger partial charge >= 0.3 is 0 Å². The van der Waals surface area contributed by atoms with Crippen molar-refractivity contribution in [1.29, 1.82) is 0 Å². The van der Waals surface area contributed by atoms with E-state index >= 15 is 0 Å². The average molecular weight is 336 g/mol. The van der Waals surface area contributed by atoms with Crippen LogP contribution in [-0.2, 0) is 11.2 Å². The second-order valence-electron chi connectivity index (χ2n) is 5.35. The Morgan fingerprint density at radius 2 is 2.04 bits per heavy atom. The van der Waals surface area contributed by atoms with E-state index in [4.69, 9.17) is 15.9 Å². The zero-order valence-electron chi connectivity index (χ0n) is 14.3. The average Bonchev–Trinajstić information content (AvgIpc) is 2.62. The van der Waals surface area contributed by atoms with Crippen LogP contribution in [0.2, 0.25) is 0 Å². The quantitative estimate of drug-likeness (QED) is 0.480. The summed E-state index contributed by atoms with van der Waals surface area (Å²) < 4.78 is 10.6. The Labute approximate surface area is 147 Å². The highest BCUT2D eigenvalue weighted by Gasteiger charge is 2.05. The lowest BCUT2D eigenvalue weighted by molar-refractivity contribution is -0.120. The Kier molecular flexibility index (Phi) is 6.61. The lowest BCUT2D eigenvalue weighted by Gasteiger charge is -2.08. The number of nitrogens with one attached hydrogen (secondary N) is 1. The molecule has 0 radical (unpaired) electrons. The van der Waals surface area contributed by atoms with E-state index in [-0.39, 0.29) is 18.9 Å². The molecule has 0 aromatic heterocycles. The zero-order valence-corrected chi connectivity index (χ0v) is 14.3. The number of rotatable bonds is 7. The summed E-state index contributed by atoms with van der Waals surface area (Å²) in [6.45, 7) is 2.15. The molecular weight excluding hydrogens is 316 g/mol. The summed E-state index contributed by atoms with van der Waals surface area (Å²) >= 11 is 0. The normalized spacial score (nSPS) is 10.3. The number of hydrogen-bond acceptors (Lipinski definition) is 4. The van der Waals surface area contributed by atoms with Crippen molar-refractivity contribution >= 4 is 12.1 Å². The van der Waals surface area contributed by atoms with Crippen molar-refractivity contribution in [1.82, 2.24) is 5.43 Å². The van der Waals surface area contributed by atoms with Crippen LogP contribution in [0.5, 0.6) is 11.5 Å². The van der Waals surface area contributed by atoms with Crippen molar-refractivity contribution in [2.45, 2.75) is 13.3 Å². The summed E-state index contributed by atoms with van der Waals surface area (Å²) in [5.41, 5.74) is 5.25. The lowest BCUT2D eigenvalue weighted by Crippen LogP contribution is -2.19. The molecule has 5 nitrogen and oxygen atoms in total. The molecule has 0 saturated heterocycles. The molecule has 0 aliphatic rings. The second kappa shape index (κ2) is 9.14. The molecule has 0 fully saturated rings. The van der Waals surface area contributed by atoms with Crippen LogP contribution in [0.25, 0.3) is 0 Å². The number of amides is 1. The molecule has 0 aliphatic heterocycles. The van der Waals surface area contributed by atoms with Gasteiger partial charge in [0.25, 0.3) is 0 Å². The molecule has 5 heteroatoms. The Bertz CT molecular complexity index is 790. The number of ether oxygens (including phenoxy) is 2. The van der Waals surface area contributed by atoms with Gasteiger partial charge in [0.1, 0.15) is 18.1 Å². The maximum absolute atomic E-state index is 12.0. The highest BCUT2D eigenvalue weighted by Crippen LogP contribution is 2.22. The molecule has 2 aromatic rings. The first-order chi connectivity index (χ1) is 12.1. The molecule has 0 spiro atoms. The molecule has 128 valence electrons. The molecule has 25 heavy (non-hydrogen) atoms. The highest BCUT2D eigenvalue weighted by atomic mass is 16.5. The summed E-state index contributed by atoms with van der Waals surface area (Å²) in [5.74, 6) is 3.43. The molecule has 0 bridgehead atoms. The molecular formula is C20H20N2O3. The smallest absolute Gasteiger partial charge is 0.244 e. The zero-order chi connectivity index (χ0) is 18.1. The number of aryl methyl sites for hydroxylation is 1. The fourth-order valence-electron chi connectivity index (χ4n) is 2.11. The summed E-state index contributed by atoms with van der Waals surface area (Å²) in [4.78, 5) is 12.0. The largest absolute Gasteiger partial charge is 0.497 e. The van der Waals surface area contributed by atoms with E-state index in [2.05, 4.69) is 16.4 Å². The van der Waals surface area contributed by atoms with E-state index in [1.54, 1.807) is 25.3 Å². The third-order valence-corrected chi connectivity index (χ3v) is 3.41. The van der Waals surface area contributed by atoms with Gasteiger partial charge in [0.2, 0.25) is 5.91 Å². The van der Waals surface area contributed by atoms with Gasteiger partial charge in [-0.1, -0.05) is 35.7 Å². The van der Waals surface area contributed by atoms with E-state index in [9.17, 15) is 4.79 Å². The van der Waals surface area contributed by atoms with Crippen molar-refractivity contribution in [2.75, 3.05) is 13.7 Å². The van der Waals surface area contributed by atoms with Crippen LogP contribution >= 0.6 is 0 Å². The minimum absolute atomic E-state index is 0.146. The lowest BCUT2D eigenvalue weighted by atomic mass is 10.1. The fraction of sp³-hybridized carbons (Fsp3) is 0.200. The molecule has 1 amide bonds. The number of nitrogens with zero attached hydrogens (tertiary/aromatic N) is 1. The number of hydrogen-bond donors (Lipinski definition) is 1. The molecule has 0 heterocycles. The topological polar surface area (TPSA) is 59.9 Å². The van der Waals surface area contributed by atoms with Gasteiger partial charge in [-0.3, -0.25) is 4.79 Å². The summed E-state index contributed by atoms with van der Waals surface area (Å²) in [6, 6.07) is 13.0. The van der Waals surface area contributed by atoms with Crippen LogP contribution in [0.3, 0.4) is 0 Å². The number of methoxy groups -OCH3 is 1. The van der Waals surface area contributed by atoms with Crippen LogP contribution in [0.4, 0.5) is 0 Å². The number of carbonyl (C=O) groups is 1. The monoisotopic (exact) mass is 336 g/mol. The highest BCUT2D eigenvalue weighted by molar-refractivity contribution is 5.86. The van der Waals surface area contributed by atoms with Crippen LogP contribution in [-0.4, -0.2) is 25.8 Å². The van der Waals surface area contributed by atoms with Crippen LogP contribution in [0.15, 0.2) is 47.6 Å². The van der Waals surface area contributed by atoms with Crippen LogP contribution < -0.4 is 14.9 Å². The standard InChI is InChI=1S/C20H20N2O3/c1-4-11-25-19-10-9-18(24-3)13-17(19)14-21-22-20(23)12-16-7-5-15(2)6-8-16/h1,5-10,13-14H,11-12H2,2-3H3,(H,22,23)/b21-14+. The van der Waals surface area contributed by atoms with E-state index in [1.165, 1.54) is 6.21 Å². The van der Waals surface area contributed by atoms with E-state index in [1.807, 2.05) is 31.2 Å². The van der Waals surface area contributed by atoms with Crippen LogP contribution in [0.1, 0.15) is 16.7 Å². The SMILES string of the molecule is C#CCOc1ccc(OC)cc1/C=N/NC(=O)Cc1ccc(C)cc1. The van der Waals surface area contributed by atoms with Crippen molar-refractivity contribution in [2.24, 2.45) is 5.10 Å². The van der Waals surface area contributed by atoms with E-state index < -0.39 is 0 Å². The molecule has 2 rings (SSSR count). The Balaban J connectivity index is 2.01. The number of carbonyl (C=O) groups excluding carboxylic acids is 1. The summed E-state index contributed by atoms with van der Waals surface area (Å²) in [5, 5.41) is 3.99. The first-order valence-corrected chi connectivity index (χ1v) is 7.74. The van der Waals surface area contributed by atoms with Gasteiger partial charge in [-0.05, 0) is 30.7 Å². The third-order valence-electron chi connectivity index (χ3n) is 3.41. The number of hydrazone groups is 1. The Morgan fingerprint density at radius 1 is 1.28 bits per heavy atom. The summed E-state index contributed by atoms with van der Waals surface area (Å²) in [7, 11) is 1.57. The molecule has 0 unspecified atom stereocenters. The van der Waals surface area contributed by atoms with Gasteiger partial charge < -0.3 is 9.47 Å². The van der Waals surface area contributed by atoms with Gasteiger partial charge in [-0.25, -0.2) is 5.43 Å². The van der Waals surface area contributed by atoms with Gasteiger partial charge in [-0.2, -0.15) is 5.10 Å². The molecule has 0 aliphatic carbocycles. The number of benzene rings is 2. The van der Waals surface area contributed by atoms with Gasteiger partial charge in [0.15, 0.2) is 0 Å². The molecule has 0 atom stereocenters. The maximum Gasteiger partial charge on any atom is 0.244 e. The van der Waals surface area contributed by atoms with Crippen molar-refractivity contribution < 1.29 is 14.3 Å². The Morgan fingerprint density at radius 3 is 2.72 bits per heavy atom. The van der Waals surface area contributed by atoms with Gasteiger partial charge in [0.05, 0.1) is 19.7 Å². The third kappa shape index (κ3) is 5.70. The van der Waals surface area contributed by atoms with Gasteiger partial charge in [-0.15, -0.1) is 6.42 Å². The first kappa shape index (κ1) is 18.1. The Hall–Kier alpha value is -3.26. The molecule has 1 N–H and O–H groups in total. The first-order valence-electron chi connectivity index (χ1n) is 7.74. The van der Waals surface area contributed by atoms with Gasteiger partial charge in [0, 0.05) is 5.56 Å². The van der Waals surface area contributed by atoms with E-state index in [0.717, 1.165) is 11.1 Å². The van der Waals surface area contributed by atoms with Crippen molar-refractivity contribution in [3.8, 4) is 23.8 Å². The van der Waals surface area contributed by atoms with Crippen molar-refractivity contribution in [3.05, 3.63) is 59.2 Å². The molecule has 0 saturated carbocycles.